The number of anilines is 1. The van der Waals surface area contributed by atoms with Crippen molar-refractivity contribution in [2.24, 2.45) is 9.98 Å². The molecule has 0 amide bonds. The number of hydrogen-bond donors (Lipinski definition) is 1. The van der Waals surface area contributed by atoms with Crippen molar-refractivity contribution in [1.82, 2.24) is 0 Å². The molecule has 3 heteroatoms. The van der Waals surface area contributed by atoms with E-state index < -0.39 is 0 Å². The normalized spacial score (nSPS) is 9.09. The largest absolute Gasteiger partial charge is 0.399 e. The van der Waals surface area contributed by atoms with Crippen LogP contribution in [-0.4, -0.2) is 13.4 Å². The summed E-state index contributed by atoms with van der Waals surface area (Å²) < 4.78 is 0. The van der Waals surface area contributed by atoms with Crippen LogP contribution < -0.4 is 5.73 Å². The molecule has 0 saturated heterocycles. The summed E-state index contributed by atoms with van der Waals surface area (Å²) in [6.07, 6.45) is 0. The molecule has 0 unspecified atom stereocenters. The smallest absolute Gasteiger partial charge is 0.0899 e. The summed E-state index contributed by atoms with van der Waals surface area (Å²) in [5.74, 6) is 0. The van der Waals surface area contributed by atoms with Crippen LogP contribution in [0.4, 0.5) is 17.1 Å². The minimum Gasteiger partial charge on any atom is -0.399 e. The Kier molecular flexibility index (Phi) is 2.01. The number of nitrogen functional groups attached to an aromatic ring is 1. The van der Waals surface area contributed by atoms with Crippen LogP contribution in [0.5, 0.6) is 0 Å². The second kappa shape index (κ2) is 2.96. The van der Waals surface area contributed by atoms with Gasteiger partial charge in [0.2, 0.25) is 0 Å². The first-order valence-corrected chi connectivity index (χ1v) is 3.11. The Morgan fingerprint density at radius 3 is 2.27 bits per heavy atom. The summed E-state index contributed by atoms with van der Waals surface area (Å²) >= 11 is 0. The van der Waals surface area contributed by atoms with Gasteiger partial charge in [-0.2, -0.15) is 0 Å². The SMILES string of the molecule is C=Nc1ccc(N)cc1N=C. The highest BCUT2D eigenvalue weighted by molar-refractivity contribution is 5.70. The highest BCUT2D eigenvalue weighted by Gasteiger charge is 1.96. The van der Waals surface area contributed by atoms with Gasteiger partial charge in [-0.3, -0.25) is 9.98 Å². The van der Waals surface area contributed by atoms with E-state index in [9.17, 15) is 0 Å². The molecule has 56 valence electrons. The summed E-state index contributed by atoms with van der Waals surface area (Å²) in [6, 6.07) is 5.21. The van der Waals surface area contributed by atoms with E-state index in [1.54, 1.807) is 18.2 Å². The van der Waals surface area contributed by atoms with Crippen molar-refractivity contribution < 1.29 is 0 Å². The van der Waals surface area contributed by atoms with Crippen LogP contribution in [0.15, 0.2) is 28.2 Å². The number of hydrogen-bond acceptors (Lipinski definition) is 3. The van der Waals surface area contributed by atoms with Crippen molar-refractivity contribution in [3.05, 3.63) is 18.2 Å². The van der Waals surface area contributed by atoms with Gasteiger partial charge in [0, 0.05) is 5.69 Å². The van der Waals surface area contributed by atoms with Gasteiger partial charge < -0.3 is 5.73 Å². The van der Waals surface area contributed by atoms with Gasteiger partial charge >= 0.3 is 0 Å². The third kappa shape index (κ3) is 1.43. The lowest BCUT2D eigenvalue weighted by Crippen LogP contribution is -1.81. The fourth-order valence-electron chi connectivity index (χ4n) is 0.801. The Morgan fingerprint density at radius 2 is 1.73 bits per heavy atom. The number of aliphatic imine (C=N–C) groups is 2. The maximum absolute atomic E-state index is 5.51. The fraction of sp³-hybridized carbons (Fsp3) is 0. The Balaban J connectivity index is 3.26. The van der Waals surface area contributed by atoms with Crippen molar-refractivity contribution in [2.75, 3.05) is 5.73 Å². The van der Waals surface area contributed by atoms with E-state index in [0.717, 1.165) is 0 Å². The summed E-state index contributed by atoms with van der Waals surface area (Å²) in [4.78, 5) is 7.48. The van der Waals surface area contributed by atoms with Crippen LogP contribution in [-0.2, 0) is 0 Å². The van der Waals surface area contributed by atoms with E-state index in [0.29, 0.717) is 17.1 Å². The second-order valence-corrected chi connectivity index (χ2v) is 2.06. The van der Waals surface area contributed by atoms with E-state index in [1.807, 2.05) is 0 Å². The maximum Gasteiger partial charge on any atom is 0.0899 e. The fourth-order valence-corrected chi connectivity index (χ4v) is 0.801. The minimum atomic E-state index is 0.653. The molecule has 0 atom stereocenters. The zero-order valence-corrected chi connectivity index (χ0v) is 6.12. The molecule has 0 aromatic heterocycles. The quantitative estimate of drug-likeness (QED) is 0.504. The Labute approximate surface area is 65.3 Å². The number of nitrogens with zero attached hydrogens (tertiary/aromatic N) is 2. The van der Waals surface area contributed by atoms with Crippen LogP contribution in [0, 0.1) is 0 Å². The van der Waals surface area contributed by atoms with E-state index in [-0.39, 0.29) is 0 Å². The lowest BCUT2D eigenvalue weighted by Gasteiger charge is -1.99. The van der Waals surface area contributed by atoms with Gasteiger partial charge in [0.1, 0.15) is 0 Å². The van der Waals surface area contributed by atoms with Crippen molar-refractivity contribution in [3.63, 3.8) is 0 Å². The molecule has 0 saturated carbocycles. The van der Waals surface area contributed by atoms with Gasteiger partial charge in [0.25, 0.3) is 0 Å². The second-order valence-electron chi connectivity index (χ2n) is 2.06. The number of benzene rings is 1. The predicted octanol–water partition coefficient (Wildman–Crippen LogP) is 1.93. The molecule has 2 N–H and O–H groups in total. The van der Waals surface area contributed by atoms with E-state index >= 15 is 0 Å². The molecule has 0 aliphatic carbocycles. The highest BCUT2D eigenvalue weighted by atomic mass is 14.8. The third-order valence-corrected chi connectivity index (χ3v) is 1.34. The molecule has 1 aromatic rings. The van der Waals surface area contributed by atoms with Crippen molar-refractivity contribution >= 4 is 30.5 Å². The zero-order chi connectivity index (χ0) is 8.27. The predicted molar refractivity (Wildman–Crippen MR) is 49.3 cm³/mol. The lowest BCUT2D eigenvalue weighted by atomic mass is 10.2. The molecule has 1 aromatic carbocycles. The molecule has 0 aliphatic heterocycles. The van der Waals surface area contributed by atoms with Crippen LogP contribution in [0.25, 0.3) is 0 Å². The number of nitrogens with two attached hydrogens (primary N) is 1. The lowest BCUT2D eigenvalue weighted by molar-refractivity contribution is 1.48. The van der Waals surface area contributed by atoms with E-state index in [4.69, 9.17) is 5.73 Å². The molecular weight excluding hydrogens is 138 g/mol. The van der Waals surface area contributed by atoms with E-state index in [2.05, 4.69) is 23.4 Å². The summed E-state index contributed by atoms with van der Waals surface area (Å²) in [7, 11) is 0. The van der Waals surface area contributed by atoms with Gasteiger partial charge in [-0.05, 0) is 31.6 Å². The van der Waals surface area contributed by atoms with Crippen LogP contribution >= 0.6 is 0 Å². The average Bonchev–Trinajstić information content (AvgIpc) is 2.04. The minimum absolute atomic E-state index is 0.653. The molecular formula is C8H9N3. The molecule has 0 fully saturated rings. The molecule has 0 spiro atoms. The van der Waals surface area contributed by atoms with Gasteiger partial charge in [-0.1, -0.05) is 0 Å². The topological polar surface area (TPSA) is 50.7 Å². The monoisotopic (exact) mass is 147 g/mol. The Morgan fingerprint density at radius 1 is 1.09 bits per heavy atom. The first-order chi connectivity index (χ1) is 5.27. The molecule has 0 heterocycles. The zero-order valence-electron chi connectivity index (χ0n) is 6.12. The van der Waals surface area contributed by atoms with Crippen molar-refractivity contribution in [1.29, 1.82) is 0 Å². The van der Waals surface area contributed by atoms with Crippen LogP contribution in [0.2, 0.25) is 0 Å². The first-order valence-electron chi connectivity index (χ1n) is 3.11. The average molecular weight is 147 g/mol. The summed E-state index contributed by atoms with van der Waals surface area (Å²) in [5.41, 5.74) is 7.53. The maximum atomic E-state index is 5.51. The van der Waals surface area contributed by atoms with Crippen molar-refractivity contribution in [2.45, 2.75) is 0 Å². The highest BCUT2D eigenvalue weighted by Crippen LogP contribution is 2.28. The van der Waals surface area contributed by atoms with E-state index in [1.165, 1.54) is 0 Å². The van der Waals surface area contributed by atoms with Gasteiger partial charge in [0.05, 0.1) is 11.4 Å². The Bertz CT molecular complexity index is 291. The molecule has 3 nitrogen and oxygen atoms in total. The van der Waals surface area contributed by atoms with Crippen LogP contribution in [0.3, 0.4) is 0 Å². The Hall–Kier alpha value is -1.64. The van der Waals surface area contributed by atoms with Gasteiger partial charge in [0.15, 0.2) is 0 Å². The van der Waals surface area contributed by atoms with Crippen molar-refractivity contribution in [3.8, 4) is 0 Å². The molecule has 0 bridgehead atoms. The standard InChI is InChI=1S/C8H9N3/c1-10-7-4-3-6(9)5-8(7)11-2/h3-5H,1-2,9H2. The van der Waals surface area contributed by atoms with Gasteiger partial charge in [-0.15, -0.1) is 0 Å². The third-order valence-electron chi connectivity index (χ3n) is 1.34. The number of rotatable bonds is 2. The molecule has 0 radical (unpaired) electrons. The van der Waals surface area contributed by atoms with Gasteiger partial charge in [-0.25, -0.2) is 0 Å². The molecule has 1 rings (SSSR count). The summed E-state index contributed by atoms with van der Waals surface area (Å²) in [6.45, 7) is 6.78. The molecule has 11 heavy (non-hydrogen) atoms. The molecule has 0 aliphatic rings. The van der Waals surface area contributed by atoms with Crippen LogP contribution in [0.1, 0.15) is 0 Å². The first kappa shape index (κ1) is 7.47. The summed E-state index contributed by atoms with van der Waals surface area (Å²) in [5, 5.41) is 0.